The van der Waals surface area contributed by atoms with Gasteiger partial charge >= 0.3 is 0 Å². The molecule has 0 radical (unpaired) electrons. The van der Waals surface area contributed by atoms with E-state index in [1.807, 2.05) is 57.6 Å². The van der Waals surface area contributed by atoms with E-state index in [-0.39, 0.29) is 18.0 Å². The van der Waals surface area contributed by atoms with E-state index in [0.29, 0.717) is 5.75 Å². The first-order valence-corrected chi connectivity index (χ1v) is 11.2. The predicted molar refractivity (Wildman–Crippen MR) is 115 cm³/mol. The number of fused-ring (bicyclic) bond motifs is 1. The molecule has 0 N–H and O–H groups in total. The highest BCUT2D eigenvalue weighted by atomic mass is 32.2. The van der Waals surface area contributed by atoms with E-state index in [1.54, 1.807) is 6.33 Å². The molecule has 0 spiro atoms. The second-order valence-electron chi connectivity index (χ2n) is 6.87. The number of nitrogens with zero attached hydrogens (tertiary/aromatic N) is 4. The number of para-hydroxylation sites is 1. The van der Waals surface area contributed by atoms with Crippen molar-refractivity contribution in [2.24, 2.45) is 0 Å². The summed E-state index contributed by atoms with van der Waals surface area (Å²) < 4.78 is 1.99. The number of anilines is 1. The zero-order valence-corrected chi connectivity index (χ0v) is 17.5. The van der Waals surface area contributed by atoms with Crippen molar-refractivity contribution in [3.8, 4) is 0 Å². The van der Waals surface area contributed by atoms with Crippen LogP contribution in [0.3, 0.4) is 0 Å². The van der Waals surface area contributed by atoms with E-state index in [2.05, 4.69) is 42.2 Å². The van der Waals surface area contributed by atoms with Gasteiger partial charge in [-0.1, -0.05) is 54.2 Å². The normalized spacial score (nSPS) is 16.2. The topological polar surface area (TPSA) is 51.0 Å². The number of aromatic nitrogens is 3. The molecular formula is C21H22N4OS2. The smallest absolute Gasteiger partial charge is 0.238 e. The molecule has 1 atom stereocenters. The van der Waals surface area contributed by atoms with Gasteiger partial charge in [0.2, 0.25) is 5.91 Å². The Morgan fingerprint density at radius 3 is 2.71 bits per heavy atom. The van der Waals surface area contributed by atoms with Crippen molar-refractivity contribution in [3.63, 3.8) is 0 Å². The molecule has 1 aliphatic heterocycles. The number of amides is 1. The number of hydrogen-bond donors (Lipinski definition) is 0. The molecule has 0 saturated carbocycles. The second kappa shape index (κ2) is 8.41. The van der Waals surface area contributed by atoms with Crippen LogP contribution in [0, 0.1) is 0 Å². The average Bonchev–Trinajstić information content (AvgIpc) is 3.21. The summed E-state index contributed by atoms with van der Waals surface area (Å²) in [6.07, 6.45) is 1.72. The maximum Gasteiger partial charge on any atom is 0.238 e. The Kier molecular flexibility index (Phi) is 5.73. The Morgan fingerprint density at radius 1 is 1.18 bits per heavy atom. The van der Waals surface area contributed by atoms with Crippen molar-refractivity contribution in [2.45, 2.75) is 36.0 Å². The highest BCUT2D eigenvalue weighted by Gasteiger charge is 2.32. The van der Waals surface area contributed by atoms with E-state index in [0.717, 1.165) is 27.1 Å². The molecule has 0 fully saturated rings. The molecule has 144 valence electrons. The molecule has 5 nitrogen and oxygen atoms in total. The Morgan fingerprint density at radius 2 is 1.93 bits per heavy atom. The van der Waals surface area contributed by atoms with Gasteiger partial charge in [-0.25, -0.2) is 0 Å². The summed E-state index contributed by atoms with van der Waals surface area (Å²) in [6.45, 7) is 4.16. The second-order valence-corrected chi connectivity index (χ2v) is 8.88. The van der Waals surface area contributed by atoms with Crippen LogP contribution in [0.15, 0.2) is 71.0 Å². The Bertz CT molecular complexity index is 958. The van der Waals surface area contributed by atoms with Crippen molar-refractivity contribution in [1.29, 1.82) is 0 Å². The summed E-state index contributed by atoms with van der Waals surface area (Å²) in [5.41, 5.74) is 2.15. The molecule has 1 aliphatic rings. The molecule has 1 unspecified atom stereocenters. The zero-order valence-electron chi connectivity index (χ0n) is 15.9. The van der Waals surface area contributed by atoms with Crippen molar-refractivity contribution in [3.05, 3.63) is 66.5 Å². The molecule has 2 aromatic carbocycles. The quantitative estimate of drug-likeness (QED) is 0.564. The fourth-order valence-electron chi connectivity index (χ4n) is 3.30. The van der Waals surface area contributed by atoms with Gasteiger partial charge in [0, 0.05) is 16.7 Å². The SMILES string of the molecule is CC(C)n1cnnc1SCC(=O)N1c2ccccc2SCC1c1ccccc1. The summed E-state index contributed by atoms with van der Waals surface area (Å²) in [4.78, 5) is 16.5. The molecule has 0 bridgehead atoms. The lowest BCUT2D eigenvalue weighted by atomic mass is 10.1. The molecule has 3 aromatic rings. The fraction of sp³-hybridized carbons (Fsp3) is 0.286. The fourth-order valence-corrected chi connectivity index (χ4v) is 5.37. The number of rotatable bonds is 5. The maximum absolute atomic E-state index is 13.4. The van der Waals surface area contributed by atoms with Gasteiger partial charge in [-0.15, -0.1) is 22.0 Å². The Labute approximate surface area is 173 Å². The summed E-state index contributed by atoms with van der Waals surface area (Å²) in [5.74, 6) is 1.26. The first kappa shape index (κ1) is 19.1. The lowest BCUT2D eigenvalue weighted by Gasteiger charge is -2.37. The lowest BCUT2D eigenvalue weighted by molar-refractivity contribution is -0.116. The van der Waals surface area contributed by atoms with Crippen molar-refractivity contribution in [1.82, 2.24) is 14.8 Å². The van der Waals surface area contributed by atoms with Gasteiger partial charge in [-0.05, 0) is 31.5 Å². The van der Waals surface area contributed by atoms with Crippen LogP contribution in [-0.4, -0.2) is 32.2 Å². The molecule has 4 rings (SSSR count). The first-order chi connectivity index (χ1) is 13.6. The molecular weight excluding hydrogens is 388 g/mol. The summed E-state index contributed by atoms with van der Waals surface area (Å²) >= 11 is 3.25. The highest BCUT2D eigenvalue weighted by Crippen LogP contribution is 2.43. The Hall–Kier alpha value is -2.25. The lowest BCUT2D eigenvalue weighted by Crippen LogP contribution is -2.39. The summed E-state index contributed by atoms with van der Waals surface area (Å²) in [5, 5.41) is 8.95. The van der Waals surface area contributed by atoms with Crippen LogP contribution in [0.4, 0.5) is 5.69 Å². The zero-order chi connectivity index (χ0) is 19.5. The van der Waals surface area contributed by atoms with E-state index in [1.165, 1.54) is 11.8 Å². The van der Waals surface area contributed by atoms with Gasteiger partial charge in [0.1, 0.15) is 6.33 Å². The number of carbonyl (C=O) groups excluding carboxylic acids is 1. The van der Waals surface area contributed by atoms with Gasteiger partial charge in [0.15, 0.2) is 5.16 Å². The molecule has 2 heterocycles. The van der Waals surface area contributed by atoms with E-state index in [9.17, 15) is 4.79 Å². The molecule has 0 aliphatic carbocycles. The standard InChI is InChI=1S/C21H22N4OS2/c1-15(2)24-14-22-23-21(24)28-13-20(26)25-17-10-6-7-11-19(17)27-12-18(25)16-8-4-3-5-9-16/h3-11,14-15,18H,12-13H2,1-2H3. The largest absolute Gasteiger partial charge is 0.306 e. The third-order valence-electron chi connectivity index (χ3n) is 4.71. The van der Waals surface area contributed by atoms with Crippen molar-refractivity contribution in [2.75, 3.05) is 16.4 Å². The van der Waals surface area contributed by atoms with Crippen LogP contribution in [-0.2, 0) is 4.79 Å². The van der Waals surface area contributed by atoms with E-state index in [4.69, 9.17) is 0 Å². The summed E-state index contributed by atoms with van der Waals surface area (Å²) in [6, 6.07) is 18.7. The van der Waals surface area contributed by atoms with E-state index < -0.39 is 0 Å². The van der Waals surface area contributed by atoms with Crippen LogP contribution >= 0.6 is 23.5 Å². The van der Waals surface area contributed by atoms with Gasteiger partial charge in [-0.3, -0.25) is 4.79 Å². The van der Waals surface area contributed by atoms with Gasteiger partial charge < -0.3 is 9.47 Å². The van der Waals surface area contributed by atoms with E-state index >= 15 is 0 Å². The molecule has 7 heteroatoms. The van der Waals surface area contributed by atoms with Crippen LogP contribution in [0.2, 0.25) is 0 Å². The van der Waals surface area contributed by atoms with Gasteiger partial charge in [-0.2, -0.15) is 0 Å². The van der Waals surface area contributed by atoms with Crippen molar-refractivity contribution >= 4 is 35.1 Å². The van der Waals surface area contributed by atoms with Crippen LogP contribution in [0.5, 0.6) is 0 Å². The minimum atomic E-state index is 0.0252. The molecule has 28 heavy (non-hydrogen) atoms. The van der Waals surface area contributed by atoms with Crippen LogP contribution in [0.1, 0.15) is 31.5 Å². The van der Waals surface area contributed by atoms with Crippen LogP contribution in [0.25, 0.3) is 0 Å². The predicted octanol–water partition coefficient (Wildman–Crippen LogP) is 4.83. The maximum atomic E-state index is 13.4. The monoisotopic (exact) mass is 410 g/mol. The number of thioether (sulfide) groups is 2. The first-order valence-electron chi connectivity index (χ1n) is 9.26. The molecule has 1 aromatic heterocycles. The third-order valence-corrected chi connectivity index (χ3v) is 6.79. The van der Waals surface area contributed by atoms with Crippen LogP contribution < -0.4 is 4.90 Å². The van der Waals surface area contributed by atoms with Gasteiger partial charge in [0.25, 0.3) is 0 Å². The van der Waals surface area contributed by atoms with Crippen molar-refractivity contribution < 1.29 is 4.79 Å². The minimum Gasteiger partial charge on any atom is -0.306 e. The number of hydrogen-bond acceptors (Lipinski definition) is 5. The highest BCUT2D eigenvalue weighted by molar-refractivity contribution is 8.00. The Balaban J connectivity index is 1.61. The average molecular weight is 411 g/mol. The minimum absolute atomic E-state index is 0.0252. The van der Waals surface area contributed by atoms with Gasteiger partial charge in [0.05, 0.1) is 17.5 Å². The number of carbonyl (C=O) groups is 1. The number of benzene rings is 2. The third kappa shape index (κ3) is 3.82. The molecule has 0 saturated heterocycles. The summed E-state index contributed by atoms with van der Waals surface area (Å²) in [7, 11) is 0. The molecule has 1 amide bonds.